The number of rotatable bonds is 5. The summed E-state index contributed by atoms with van der Waals surface area (Å²) >= 11 is 0. The maximum absolute atomic E-state index is 6.17. The lowest BCUT2D eigenvalue weighted by Gasteiger charge is -2.23. The molecule has 1 rings (SSSR count). The second kappa shape index (κ2) is 7.40. The molecule has 0 spiro atoms. The largest absolute Gasteiger partial charge is 0.400 e. The van der Waals surface area contributed by atoms with E-state index < -0.39 is 8.32 Å². The van der Waals surface area contributed by atoms with Crippen LogP contribution in [0.1, 0.15) is 37.9 Å². The van der Waals surface area contributed by atoms with Gasteiger partial charge in [-0.1, -0.05) is 49.6 Å². The average molecular weight is 260 g/mol. The predicted octanol–water partition coefficient (Wildman–Crippen LogP) is 4.77. The fourth-order valence-corrected chi connectivity index (χ4v) is 2.49. The molecule has 18 heavy (non-hydrogen) atoms. The second-order valence-electron chi connectivity index (χ2n) is 5.45. The van der Waals surface area contributed by atoms with Gasteiger partial charge in [0, 0.05) is 6.42 Å². The third kappa shape index (κ3) is 6.04. The van der Waals surface area contributed by atoms with Gasteiger partial charge in [-0.05, 0) is 31.6 Å². The minimum Gasteiger partial charge on any atom is -0.400 e. The lowest BCUT2D eigenvalue weighted by Crippen LogP contribution is -2.27. The molecule has 0 aromatic heterocycles. The van der Waals surface area contributed by atoms with Gasteiger partial charge < -0.3 is 4.43 Å². The van der Waals surface area contributed by atoms with Gasteiger partial charge in [-0.15, -0.1) is 5.92 Å². The Bertz CT molecular complexity index is 395. The van der Waals surface area contributed by atoms with Gasteiger partial charge in [-0.2, -0.15) is 0 Å². The number of unbranched alkanes of at least 4 members (excludes halogenated alkanes) is 2. The van der Waals surface area contributed by atoms with Gasteiger partial charge in [0.05, 0.1) is 0 Å². The molecule has 1 atom stereocenters. The van der Waals surface area contributed by atoms with Crippen LogP contribution in [0, 0.1) is 11.8 Å². The summed E-state index contributed by atoms with van der Waals surface area (Å²) in [4.78, 5) is 0. The number of benzene rings is 1. The van der Waals surface area contributed by atoms with E-state index in [2.05, 4.69) is 50.5 Å². The summed E-state index contributed by atoms with van der Waals surface area (Å²) in [5, 5.41) is 0. The van der Waals surface area contributed by atoms with Crippen LogP contribution in [0.5, 0.6) is 0 Å². The molecule has 1 aromatic rings. The highest BCUT2D eigenvalue weighted by Gasteiger charge is 2.20. The Labute approximate surface area is 113 Å². The number of hydrogen-bond donors (Lipinski definition) is 0. The molecule has 1 aromatic carbocycles. The summed E-state index contributed by atoms with van der Waals surface area (Å²) < 4.78 is 6.17. The first-order chi connectivity index (χ1) is 8.53. The third-order valence-electron chi connectivity index (χ3n) is 2.46. The molecule has 0 N–H and O–H groups in total. The summed E-state index contributed by atoms with van der Waals surface area (Å²) in [5.74, 6) is 6.54. The van der Waals surface area contributed by atoms with Crippen molar-refractivity contribution in [1.29, 1.82) is 0 Å². The highest BCUT2D eigenvalue weighted by atomic mass is 28.4. The van der Waals surface area contributed by atoms with Crippen molar-refractivity contribution in [2.75, 3.05) is 0 Å². The Morgan fingerprint density at radius 3 is 2.39 bits per heavy atom. The molecule has 0 saturated heterocycles. The van der Waals surface area contributed by atoms with Crippen molar-refractivity contribution in [3.63, 3.8) is 0 Å². The van der Waals surface area contributed by atoms with Crippen LogP contribution in [-0.2, 0) is 4.43 Å². The van der Waals surface area contributed by atoms with E-state index in [1.807, 2.05) is 18.2 Å². The normalized spacial score (nSPS) is 12.7. The molecule has 0 saturated carbocycles. The number of hydrogen-bond acceptors (Lipinski definition) is 1. The van der Waals surface area contributed by atoms with E-state index in [9.17, 15) is 0 Å². The Balaban J connectivity index is 2.78. The highest BCUT2D eigenvalue weighted by Crippen LogP contribution is 2.21. The van der Waals surface area contributed by atoms with Gasteiger partial charge >= 0.3 is 0 Å². The summed E-state index contributed by atoms with van der Waals surface area (Å²) in [6, 6.07) is 10.3. The Kier molecular flexibility index (Phi) is 6.18. The smallest absolute Gasteiger partial charge is 0.185 e. The minimum atomic E-state index is -1.57. The van der Waals surface area contributed by atoms with Crippen LogP contribution < -0.4 is 0 Å². The molecule has 0 aliphatic carbocycles. The standard InChI is InChI=1S/C16H24OSi/c1-5-6-7-11-14-16(17-18(2,3)4)15-12-9-8-10-13-15/h8-10,12-13,16H,5-7H2,1-4H3. The summed E-state index contributed by atoms with van der Waals surface area (Å²) in [6.45, 7) is 8.80. The van der Waals surface area contributed by atoms with Crippen LogP contribution in [0.2, 0.25) is 19.6 Å². The minimum absolute atomic E-state index is 0.0604. The topological polar surface area (TPSA) is 9.23 Å². The van der Waals surface area contributed by atoms with Crippen molar-refractivity contribution in [3.05, 3.63) is 35.9 Å². The van der Waals surface area contributed by atoms with Crippen LogP contribution in [0.25, 0.3) is 0 Å². The summed E-state index contributed by atoms with van der Waals surface area (Å²) in [7, 11) is -1.57. The monoisotopic (exact) mass is 260 g/mol. The SMILES string of the molecule is CCCCC#CC(O[Si](C)(C)C)c1ccccc1. The van der Waals surface area contributed by atoms with Gasteiger partial charge in [0.25, 0.3) is 0 Å². The molecule has 2 heteroatoms. The first kappa shape index (κ1) is 15.0. The first-order valence-corrected chi connectivity index (χ1v) is 10.1. The van der Waals surface area contributed by atoms with Crippen molar-refractivity contribution in [1.82, 2.24) is 0 Å². The molecule has 0 heterocycles. The van der Waals surface area contributed by atoms with E-state index in [-0.39, 0.29) is 6.10 Å². The molecule has 1 unspecified atom stereocenters. The van der Waals surface area contributed by atoms with Gasteiger partial charge in [-0.25, -0.2) is 0 Å². The zero-order chi connectivity index (χ0) is 13.4. The predicted molar refractivity (Wildman–Crippen MR) is 80.9 cm³/mol. The Hall–Kier alpha value is -1.04. The van der Waals surface area contributed by atoms with Crippen LogP contribution in [0.4, 0.5) is 0 Å². The summed E-state index contributed by atoms with van der Waals surface area (Å²) in [6.07, 6.45) is 3.27. The zero-order valence-electron chi connectivity index (χ0n) is 12.0. The molecule has 0 radical (unpaired) electrons. The van der Waals surface area contributed by atoms with E-state index in [1.54, 1.807) is 0 Å². The summed E-state index contributed by atoms with van der Waals surface area (Å²) in [5.41, 5.74) is 1.17. The molecular weight excluding hydrogens is 236 g/mol. The lowest BCUT2D eigenvalue weighted by molar-refractivity contribution is 0.257. The lowest BCUT2D eigenvalue weighted by atomic mass is 10.1. The Morgan fingerprint density at radius 2 is 1.83 bits per heavy atom. The molecule has 0 aliphatic rings. The fourth-order valence-electron chi connectivity index (χ4n) is 1.59. The highest BCUT2D eigenvalue weighted by molar-refractivity contribution is 6.69. The maximum Gasteiger partial charge on any atom is 0.185 e. The van der Waals surface area contributed by atoms with Crippen LogP contribution in [0.3, 0.4) is 0 Å². The van der Waals surface area contributed by atoms with E-state index in [1.165, 1.54) is 18.4 Å². The molecular formula is C16H24OSi. The quantitative estimate of drug-likeness (QED) is 0.421. The van der Waals surface area contributed by atoms with Gasteiger partial charge in [0.15, 0.2) is 8.32 Å². The van der Waals surface area contributed by atoms with Crippen molar-refractivity contribution in [3.8, 4) is 11.8 Å². The van der Waals surface area contributed by atoms with E-state index in [0.717, 1.165) is 6.42 Å². The zero-order valence-corrected chi connectivity index (χ0v) is 13.0. The maximum atomic E-state index is 6.17. The average Bonchev–Trinajstić information content (AvgIpc) is 2.33. The molecule has 0 amide bonds. The second-order valence-corrected chi connectivity index (χ2v) is 9.91. The van der Waals surface area contributed by atoms with E-state index in [4.69, 9.17) is 4.43 Å². The van der Waals surface area contributed by atoms with Gasteiger partial charge in [-0.3, -0.25) is 0 Å². The van der Waals surface area contributed by atoms with E-state index >= 15 is 0 Å². The van der Waals surface area contributed by atoms with Crippen molar-refractivity contribution >= 4 is 8.32 Å². The van der Waals surface area contributed by atoms with E-state index in [0.29, 0.717) is 0 Å². The van der Waals surface area contributed by atoms with Crippen molar-refractivity contribution in [2.24, 2.45) is 0 Å². The fraction of sp³-hybridized carbons (Fsp3) is 0.500. The molecule has 0 bridgehead atoms. The van der Waals surface area contributed by atoms with Crippen molar-refractivity contribution < 1.29 is 4.43 Å². The molecule has 1 nitrogen and oxygen atoms in total. The first-order valence-electron chi connectivity index (χ1n) is 6.74. The van der Waals surface area contributed by atoms with Gasteiger partial charge in [0.2, 0.25) is 0 Å². The molecule has 0 aliphatic heterocycles. The van der Waals surface area contributed by atoms with Crippen LogP contribution >= 0.6 is 0 Å². The van der Waals surface area contributed by atoms with Crippen molar-refractivity contribution in [2.45, 2.75) is 51.9 Å². The third-order valence-corrected chi connectivity index (χ3v) is 3.41. The van der Waals surface area contributed by atoms with Gasteiger partial charge in [0.1, 0.15) is 6.10 Å². The van der Waals surface area contributed by atoms with Crippen LogP contribution in [0.15, 0.2) is 30.3 Å². The molecule has 0 fully saturated rings. The Morgan fingerprint density at radius 1 is 1.17 bits per heavy atom. The van der Waals surface area contributed by atoms with Crippen LogP contribution in [-0.4, -0.2) is 8.32 Å². The molecule has 98 valence electrons.